The van der Waals surface area contributed by atoms with E-state index in [0.717, 1.165) is 23.1 Å². The number of anilines is 1. The first kappa shape index (κ1) is 16.9. The minimum Gasteiger partial charge on any atom is -0.370 e. The van der Waals surface area contributed by atoms with Crippen LogP contribution >= 0.6 is 27.7 Å². The summed E-state index contributed by atoms with van der Waals surface area (Å²) in [5.74, 6) is 1.15. The van der Waals surface area contributed by atoms with Gasteiger partial charge in [0.25, 0.3) is 0 Å². The first-order valence-electron chi connectivity index (χ1n) is 6.75. The molecule has 0 aromatic heterocycles. The van der Waals surface area contributed by atoms with Crippen LogP contribution in [0.5, 0.6) is 0 Å². The molecule has 0 spiro atoms. The lowest BCUT2D eigenvalue weighted by Gasteiger charge is -2.30. The number of halogens is 1. The summed E-state index contributed by atoms with van der Waals surface area (Å²) in [6.07, 6.45) is 4.24. The number of hydrogen-bond donors (Lipinski definition) is 1. The zero-order chi connectivity index (χ0) is 14.4. The van der Waals surface area contributed by atoms with Gasteiger partial charge in [0.15, 0.2) is 0 Å². The molecule has 4 heteroatoms. The van der Waals surface area contributed by atoms with Crippen molar-refractivity contribution >= 4 is 33.4 Å². The largest absolute Gasteiger partial charge is 0.370 e. The van der Waals surface area contributed by atoms with E-state index < -0.39 is 0 Å². The van der Waals surface area contributed by atoms with Gasteiger partial charge in [0, 0.05) is 29.4 Å². The maximum Gasteiger partial charge on any atom is 0.0511 e. The molecule has 1 rings (SSSR count). The van der Waals surface area contributed by atoms with Crippen molar-refractivity contribution in [2.75, 3.05) is 24.0 Å². The molecule has 2 nitrogen and oxygen atoms in total. The molecular formula is C15H25BrN2S. The maximum absolute atomic E-state index is 5.85. The van der Waals surface area contributed by atoms with E-state index in [0.29, 0.717) is 6.04 Å². The molecular weight excluding hydrogens is 320 g/mol. The number of nitrogens with zero attached hydrogens (tertiary/aromatic N) is 1. The third-order valence-electron chi connectivity index (χ3n) is 3.33. The number of hydrogen-bond acceptors (Lipinski definition) is 3. The maximum atomic E-state index is 5.85. The first-order valence-corrected chi connectivity index (χ1v) is 8.94. The Morgan fingerprint density at radius 3 is 2.58 bits per heavy atom. The molecule has 0 saturated heterocycles. The van der Waals surface area contributed by atoms with Crippen LogP contribution in [0.15, 0.2) is 22.7 Å². The molecule has 0 saturated carbocycles. The molecule has 0 aliphatic rings. The van der Waals surface area contributed by atoms with Gasteiger partial charge < -0.3 is 10.6 Å². The highest BCUT2D eigenvalue weighted by molar-refractivity contribution is 9.10. The van der Waals surface area contributed by atoms with Crippen LogP contribution < -0.4 is 10.6 Å². The molecule has 2 atom stereocenters. The molecule has 0 bridgehead atoms. The van der Waals surface area contributed by atoms with Crippen LogP contribution in [0.25, 0.3) is 0 Å². The molecule has 108 valence electrons. The Kier molecular flexibility index (Phi) is 7.26. The molecule has 1 aromatic carbocycles. The van der Waals surface area contributed by atoms with Gasteiger partial charge in [-0.2, -0.15) is 11.8 Å². The Morgan fingerprint density at radius 1 is 1.42 bits per heavy atom. The lowest BCUT2D eigenvalue weighted by atomic mass is 10.1. The fraction of sp³-hybridized carbons (Fsp3) is 0.600. The fourth-order valence-electron chi connectivity index (χ4n) is 2.23. The third-order valence-corrected chi connectivity index (χ3v) is 4.68. The van der Waals surface area contributed by atoms with Crippen molar-refractivity contribution in [3.63, 3.8) is 0 Å². The van der Waals surface area contributed by atoms with Crippen LogP contribution in [-0.4, -0.2) is 31.1 Å². The molecule has 2 unspecified atom stereocenters. The summed E-state index contributed by atoms with van der Waals surface area (Å²) in [4.78, 5) is 2.37. The summed E-state index contributed by atoms with van der Waals surface area (Å²) < 4.78 is 1.16. The van der Waals surface area contributed by atoms with Crippen molar-refractivity contribution in [3.05, 3.63) is 28.2 Å². The first-order chi connectivity index (χ1) is 8.99. The second kappa shape index (κ2) is 8.18. The van der Waals surface area contributed by atoms with Crippen molar-refractivity contribution in [1.29, 1.82) is 0 Å². The highest BCUT2D eigenvalue weighted by Gasteiger charge is 2.15. The van der Waals surface area contributed by atoms with Crippen LogP contribution in [0.1, 0.15) is 25.8 Å². The zero-order valence-corrected chi connectivity index (χ0v) is 14.7. The van der Waals surface area contributed by atoms with Gasteiger partial charge in [0.2, 0.25) is 0 Å². The van der Waals surface area contributed by atoms with E-state index in [4.69, 9.17) is 5.73 Å². The predicted octanol–water partition coefficient (Wildman–Crippen LogP) is 3.92. The van der Waals surface area contributed by atoms with Gasteiger partial charge in [-0.3, -0.25) is 0 Å². The monoisotopic (exact) mass is 344 g/mol. The number of benzene rings is 1. The number of nitrogens with two attached hydrogens (primary N) is 1. The van der Waals surface area contributed by atoms with E-state index in [1.807, 2.05) is 18.7 Å². The minimum atomic E-state index is 0.204. The second-order valence-electron chi connectivity index (χ2n) is 5.10. The van der Waals surface area contributed by atoms with Gasteiger partial charge >= 0.3 is 0 Å². The molecule has 0 aliphatic carbocycles. The second-order valence-corrected chi connectivity index (χ2v) is 6.86. The van der Waals surface area contributed by atoms with Crippen LogP contribution in [-0.2, 0) is 6.42 Å². The molecule has 0 fully saturated rings. The van der Waals surface area contributed by atoms with Crippen molar-refractivity contribution in [2.45, 2.75) is 38.8 Å². The molecule has 0 amide bonds. The summed E-state index contributed by atoms with van der Waals surface area (Å²) in [7, 11) is 2.18. The van der Waals surface area contributed by atoms with Crippen molar-refractivity contribution in [2.24, 2.45) is 5.73 Å². The van der Waals surface area contributed by atoms with E-state index in [1.165, 1.54) is 11.3 Å². The molecule has 0 heterocycles. The molecule has 2 N–H and O–H groups in total. The van der Waals surface area contributed by atoms with Crippen molar-refractivity contribution < 1.29 is 0 Å². The topological polar surface area (TPSA) is 29.3 Å². The van der Waals surface area contributed by atoms with E-state index >= 15 is 0 Å². The Balaban J connectivity index is 2.88. The average molecular weight is 345 g/mol. The Bertz CT molecular complexity index is 396. The third kappa shape index (κ3) is 5.01. The summed E-state index contributed by atoms with van der Waals surface area (Å²) >= 11 is 5.60. The molecule has 0 radical (unpaired) electrons. The number of rotatable bonds is 7. The lowest BCUT2D eigenvalue weighted by molar-refractivity contribution is 0.671. The van der Waals surface area contributed by atoms with Crippen molar-refractivity contribution in [1.82, 2.24) is 0 Å². The van der Waals surface area contributed by atoms with Gasteiger partial charge in [0.05, 0.1) is 5.69 Å². The standard InChI is InChI=1S/C15H25BrN2S/c1-5-13(10-19-4)18(3)15-7-6-12(8-11(2)17)9-14(15)16/h6-7,9,11,13H,5,8,10,17H2,1-4H3. The number of thioether (sulfide) groups is 1. The highest BCUT2D eigenvalue weighted by Crippen LogP contribution is 2.29. The van der Waals surface area contributed by atoms with Gasteiger partial charge in [-0.15, -0.1) is 0 Å². The quantitative estimate of drug-likeness (QED) is 0.812. The van der Waals surface area contributed by atoms with Gasteiger partial charge in [-0.1, -0.05) is 13.0 Å². The van der Waals surface area contributed by atoms with E-state index in [-0.39, 0.29) is 6.04 Å². The predicted molar refractivity (Wildman–Crippen MR) is 92.4 cm³/mol. The van der Waals surface area contributed by atoms with Crippen LogP contribution in [0.2, 0.25) is 0 Å². The fourth-order valence-corrected chi connectivity index (χ4v) is 3.78. The van der Waals surface area contributed by atoms with E-state index in [2.05, 4.69) is 59.3 Å². The van der Waals surface area contributed by atoms with Gasteiger partial charge in [0.1, 0.15) is 0 Å². The summed E-state index contributed by atoms with van der Waals surface area (Å²) in [6.45, 7) is 4.29. The van der Waals surface area contributed by atoms with Crippen LogP contribution in [0.4, 0.5) is 5.69 Å². The Hall–Kier alpha value is -0.190. The van der Waals surface area contributed by atoms with Crippen LogP contribution in [0.3, 0.4) is 0 Å². The SMILES string of the molecule is CCC(CSC)N(C)c1ccc(CC(C)N)cc1Br. The summed E-state index contributed by atoms with van der Waals surface area (Å²) in [6, 6.07) is 7.36. The molecule has 19 heavy (non-hydrogen) atoms. The summed E-state index contributed by atoms with van der Waals surface area (Å²) in [5, 5.41) is 0. The van der Waals surface area contributed by atoms with Gasteiger partial charge in [-0.25, -0.2) is 0 Å². The average Bonchev–Trinajstić information content (AvgIpc) is 2.34. The Labute approximate surface area is 130 Å². The smallest absolute Gasteiger partial charge is 0.0511 e. The molecule has 0 aliphatic heterocycles. The zero-order valence-electron chi connectivity index (χ0n) is 12.3. The van der Waals surface area contributed by atoms with E-state index in [1.54, 1.807) is 0 Å². The lowest BCUT2D eigenvalue weighted by Crippen LogP contribution is -2.33. The van der Waals surface area contributed by atoms with E-state index in [9.17, 15) is 0 Å². The normalized spacial score (nSPS) is 14.2. The van der Waals surface area contributed by atoms with Crippen LogP contribution in [0, 0.1) is 0 Å². The minimum absolute atomic E-state index is 0.204. The Morgan fingerprint density at radius 2 is 2.11 bits per heavy atom. The highest BCUT2D eigenvalue weighted by atomic mass is 79.9. The van der Waals surface area contributed by atoms with Gasteiger partial charge in [-0.05, 0) is 59.6 Å². The van der Waals surface area contributed by atoms with Crippen molar-refractivity contribution in [3.8, 4) is 0 Å². The summed E-state index contributed by atoms with van der Waals surface area (Å²) in [5.41, 5.74) is 8.40. The molecule has 1 aromatic rings.